The lowest BCUT2D eigenvalue weighted by atomic mass is 10.00. The van der Waals surface area contributed by atoms with Crippen molar-refractivity contribution in [2.75, 3.05) is 13.7 Å². The minimum Gasteiger partial charge on any atom is -0.496 e. The highest BCUT2D eigenvalue weighted by molar-refractivity contribution is 9.11. The summed E-state index contributed by atoms with van der Waals surface area (Å²) in [6, 6.07) is 5.25. The van der Waals surface area contributed by atoms with E-state index in [9.17, 15) is 4.39 Å². The molecule has 1 atom stereocenters. The van der Waals surface area contributed by atoms with Gasteiger partial charge in [-0.15, -0.1) is 11.3 Å². The van der Waals surface area contributed by atoms with Crippen LogP contribution in [0.3, 0.4) is 0 Å². The van der Waals surface area contributed by atoms with Crippen molar-refractivity contribution in [1.82, 2.24) is 5.32 Å². The molecule has 114 valence electrons. The van der Waals surface area contributed by atoms with Gasteiger partial charge in [-0.2, -0.15) is 0 Å². The maximum Gasteiger partial charge on any atom is 0.141 e. The maximum absolute atomic E-state index is 13.7. The number of hydrogen-bond acceptors (Lipinski definition) is 3. The van der Waals surface area contributed by atoms with E-state index in [0.717, 1.165) is 27.9 Å². The summed E-state index contributed by atoms with van der Waals surface area (Å²) in [5, 5.41) is 5.59. The molecule has 0 saturated heterocycles. The van der Waals surface area contributed by atoms with Crippen LogP contribution in [0.4, 0.5) is 4.39 Å². The Hall–Kier alpha value is -0.430. The number of nitrogens with one attached hydrogen (secondary N) is 1. The lowest BCUT2D eigenvalue weighted by Gasteiger charge is -2.21. The highest BCUT2D eigenvalue weighted by Gasteiger charge is 2.21. The quantitative estimate of drug-likeness (QED) is 0.644. The Morgan fingerprint density at radius 2 is 2.10 bits per heavy atom. The summed E-state index contributed by atoms with van der Waals surface area (Å²) in [4.78, 5) is 0. The molecule has 0 saturated carbocycles. The fraction of sp³-hybridized carbons (Fsp3) is 0.333. The number of methoxy groups -OCH3 is 1. The Labute approximate surface area is 145 Å². The van der Waals surface area contributed by atoms with Gasteiger partial charge in [0, 0.05) is 11.6 Å². The smallest absolute Gasteiger partial charge is 0.141 e. The average Bonchev–Trinajstić information content (AvgIpc) is 2.89. The molecule has 1 unspecified atom stereocenters. The second-order valence-corrected chi connectivity index (χ2v) is 7.72. The molecule has 1 heterocycles. The van der Waals surface area contributed by atoms with Gasteiger partial charge in [-0.05, 0) is 67.9 Å². The third-order valence-electron chi connectivity index (χ3n) is 3.10. The van der Waals surface area contributed by atoms with Crippen LogP contribution < -0.4 is 10.1 Å². The lowest BCUT2D eigenvalue weighted by molar-refractivity contribution is 0.400. The second kappa shape index (κ2) is 7.72. The highest BCUT2D eigenvalue weighted by Crippen LogP contribution is 2.36. The van der Waals surface area contributed by atoms with Crippen LogP contribution in [0, 0.1) is 5.82 Å². The van der Waals surface area contributed by atoms with E-state index >= 15 is 0 Å². The zero-order valence-corrected chi connectivity index (χ0v) is 15.7. The van der Waals surface area contributed by atoms with Crippen molar-refractivity contribution in [2.45, 2.75) is 19.4 Å². The van der Waals surface area contributed by atoms with Gasteiger partial charge in [0.2, 0.25) is 0 Å². The van der Waals surface area contributed by atoms with Crippen LogP contribution in [0.1, 0.15) is 30.5 Å². The molecule has 2 aromatic rings. The van der Waals surface area contributed by atoms with Gasteiger partial charge in [0.1, 0.15) is 11.6 Å². The first-order valence-electron chi connectivity index (χ1n) is 6.57. The second-order valence-electron chi connectivity index (χ2n) is 4.58. The fourth-order valence-corrected chi connectivity index (χ4v) is 3.68. The standard InChI is InChI=1S/C15H16Br2FNOS/c1-3-4-19-15(9-5-14(17)21-8-9)10-6-11(16)12(18)7-13(10)20-2/h5-8,15,19H,3-4H2,1-2H3. The lowest BCUT2D eigenvalue weighted by Crippen LogP contribution is -2.23. The first-order valence-corrected chi connectivity index (χ1v) is 9.03. The van der Waals surface area contributed by atoms with Gasteiger partial charge in [-0.25, -0.2) is 4.39 Å². The monoisotopic (exact) mass is 435 g/mol. The van der Waals surface area contributed by atoms with Crippen molar-refractivity contribution in [3.05, 3.63) is 48.8 Å². The molecule has 0 bridgehead atoms. The van der Waals surface area contributed by atoms with Gasteiger partial charge >= 0.3 is 0 Å². The molecular weight excluding hydrogens is 421 g/mol. The summed E-state index contributed by atoms with van der Waals surface area (Å²) >= 11 is 8.38. The molecule has 0 aliphatic rings. The number of rotatable bonds is 6. The van der Waals surface area contributed by atoms with E-state index in [-0.39, 0.29) is 11.9 Å². The molecule has 0 spiro atoms. The predicted molar refractivity (Wildman–Crippen MR) is 92.8 cm³/mol. The topological polar surface area (TPSA) is 21.3 Å². The van der Waals surface area contributed by atoms with Crippen LogP contribution in [0.25, 0.3) is 0 Å². The first-order chi connectivity index (χ1) is 10.1. The Kier molecular flexibility index (Phi) is 6.22. The summed E-state index contributed by atoms with van der Waals surface area (Å²) < 4.78 is 20.6. The maximum atomic E-state index is 13.7. The van der Waals surface area contributed by atoms with Crippen LogP contribution in [-0.2, 0) is 0 Å². The van der Waals surface area contributed by atoms with E-state index in [0.29, 0.717) is 10.2 Å². The third-order valence-corrected chi connectivity index (χ3v) is 5.23. The molecule has 0 aliphatic heterocycles. The van der Waals surface area contributed by atoms with Crippen LogP contribution in [0.2, 0.25) is 0 Å². The highest BCUT2D eigenvalue weighted by atomic mass is 79.9. The number of ether oxygens (including phenoxy) is 1. The zero-order valence-electron chi connectivity index (χ0n) is 11.8. The van der Waals surface area contributed by atoms with Gasteiger partial charge in [-0.1, -0.05) is 6.92 Å². The molecule has 1 aromatic heterocycles. The molecule has 1 aromatic carbocycles. The van der Waals surface area contributed by atoms with Crippen molar-refractivity contribution in [2.24, 2.45) is 0 Å². The Balaban J connectivity index is 2.47. The van der Waals surface area contributed by atoms with E-state index in [1.165, 1.54) is 6.07 Å². The van der Waals surface area contributed by atoms with Crippen LogP contribution in [-0.4, -0.2) is 13.7 Å². The van der Waals surface area contributed by atoms with Crippen molar-refractivity contribution in [1.29, 1.82) is 0 Å². The SMILES string of the molecule is CCCNC(c1csc(Br)c1)c1cc(Br)c(F)cc1OC. The first kappa shape index (κ1) is 16.9. The summed E-state index contributed by atoms with van der Waals surface area (Å²) in [6.07, 6.45) is 1.02. The van der Waals surface area contributed by atoms with Crippen LogP contribution >= 0.6 is 43.2 Å². The third kappa shape index (κ3) is 4.06. The Bertz CT molecular complexity index is 618. The Morgan fingerprint density at radius 1 is 1.33 bits per heavy atom. The van der Waals surface area contributed by atoms with E-state index < -0.39 is 0 Å². The van der Waals surface area contributed by atoms with Crippen molar-refractivity contribution < 1.29 is 9.13 Å². The molecule has 2 nitrogen and oxygen atoms in total. The molecule has 0 amide bonds. The van der Waals surface area contributed by atoms with Gasteiger partial charge < -0.3 is 10.1 Å². The zero-order chi connectivity index (χ0) is 15.4. The van der Waals surface area contributed by atoms with E-state index in [1.54, 1.807) is 24.5 Å². The Morgan fingerprint density at radius 3 is 2.67 bits per heavy atom. The number of hydrogen-bond donors (Lipinski definition) is 1. The minimum atomic E-state index is -0.323. The molecule has 2 rings (SSSR count). The number of thiophene rings is 1. The molecule has 0 aliphatic carbocycles. The van der Waals surface area contributed by atoms with Crippen LogP contribution in [0.5, 0.6) is 5.75 Å². The van der Waals surface area contributed by atoms with Gasteiger partial charge in [-0.3, -0.25) is 0 Å². The minimum absolute atomic E-state index is 0.0284. The van der Waals surface area contributed by atoms with Crippen LogP contribution in [0.15, 0.2) is 31.8 Å². The summed E-state index contributed by atoms with van der Waals surface area (Å²) in [5.41, 5.74) is 2.06. The molecular formula is C15H16Br2FNOS. The summed E-state index contributed by atoms with van der Waals surface area (Å²) in [5.74, 6) is 0.225. The van der Waals surface area contributed by atoms with Crippen molar-refractivity contribution in [3.8, 4) is 5.75 Å². The fourth-order valence-electron chi connectivity index (χ4n) is 2.12. The van der Waals surface area contributed by atoms with Crippen molar-refractivity contribution >= 4 is 43.2 Å². The predicted octanol–water partition coefficient (Wildman–Crippen LogP) is 5.51. The number of benzene rings is 1. The molecule has 0 radical (unpaired) electrons. The molecule has 0 fully saturated rings. The summed E-state index contributed by atoms with van der Waals surface area (Å²) in [6.45, 7) is 2.99. The molecule has 6 heteroatoms. The van der Waals surface area contributed by atoms with E-state index in [1.807, 2.05) is 0 Å². The van der Waals surface area contributed by atoms with E-state index in [2.05, 4.69) is 55.5 Å². The average molecular weight is 437 g/mol. The van der Waals surface area contributed by atoms with Gasteiger partial charge in [0.15, 0.2) is 0 Å². The van der Waals surface area contributed by atoms with Gasteiger partial charge in [0.05, 0.1) is 21.4 Å². The summed E-state index contributed by atoms with van der Waals surface area (Å²) in [7, 11) is 1.56. The van der Waals surface area contributed by atoms with Gasteiger partial charge in [0.25, 0.3) is 0 Å². The largest absolute Gasteiger partial charge is 0.496 e. The normalized spacial score (nSPS) is 12.4. The molecule has 1 N–H and O–H groups in total. The molecule has 21 heavy (non-hydrogen) atoms. The van der Waals surface area contributed by atoms with Crippen molar-refractivity contribution in [3.63, 3.8) is 0 Å². The number of halogens is 3. The van der Waals surface area contributed by atoms with E-state index in [4.69, 9.17) is 4.74 Å².